The number of carbonyl (C=O) groups is 1. The molecule has 0 saturated carbocycles. The Balaban J connectivity index is 2.46. The Kier molecular flexibility index (Phi) is 2.57. The van der Waals surface area contributed by atoms with Crippen molar-refractivity contribution in [2.24, 2.45) is 0 Å². The van der Waals surface area contributed by atoms with Crippen LogP contribution >= 0.6 is 0 Å². The second-order valence-corrected chi connectivity index (χ2v) is 2.21. The van der Waals surface area contributed by atoms with Gasteiger partial charge in [0.25, 0.3) is 0 Å². The van der Waals surface area contributed by atoms with E-state index in [0.717, 1.165) is 0 Å². The van der Waals surface area contributed by atoms with Crippen LogP contribution in [0, 0.1) is 10.1 Å². The molecule has 0 spiro atoms. The van der Waals surface area contributed by atoms with E-state index in [-0.39, 0.29) is 12.0 Å². The summed E-state index contributed by atoms with van der Waals surface area (Å²) >= 11 is 0. The van der Waals surface area contributed by atoms with Crippen molar-refractivity contribution in [3.05, 3.63) is 34.2 Å². The fourth-order valence-electron chi connectivity index (χ4n) is 0.873. The number of hydrogen-bond donors (Lipinski definition) is 0. The van der Waals surface area contributed by atoms with Gasteiger partial charge in [-0.15, -0.1) is 0 Å². The normalized spacial score (nSPS) is 22.0. The SMILES string of the molecule is O=C/C=C/C1CC=C([N+](=O)[O-])O1. The predicted molar refractivity (Wildman–Crippen MR) is 39.8 cm³/mol. The number of hydrogen-bond acceptors (Lipinski definition) is 4. The highest BCUT2D eigenvalue weighted by molar-refractivity contribution is 5.64. The van der Waals surface area contributed by atoms with Crippen molar-refractivity contribution < 1.29 is 14.5 Å². The molecule has 0 saturated heterocycles. The molecule has 0 aromatic heterocycles. The minimum Gasteiger partial charge on any atom is -0.433 e. The number of nitro groups is 1. The lowest BCUT2D eigenvalue weighted by atomic mass is 10.2. The molecular formula is C7H7NO4. The van der Waals surface area contributed by atoms with Gasteiger partial charge in [-0.25, -0.2) is 0 Å². The first-order valence-corrected chi connectivity index (χ1v) is 3.37. The summed E-state index contributed by atoms with van der Waals surface area (Å²) in [5, 5.41) is 10.1. The van der Waals surface area contributed by atoms with Crippen molar-refractivity contribution in [1.82, 2.24) is 0 Å². The van der Waals surface area contributed by atoms with Crippen molar-refractivity contribution >= 4 is 6.29 Å². The molecule has 1 rings (SSSR count). The van der Waals surface area contributed by atoms with E-state index in [1.807, 2.05) is 0 Å². The smallest absolute Gasteiger partial charge is 0.424 e. The monoisotopic (exact) mass is 169 g/mol. The van der Waals surface area contributed by atoms with Crippen molar-refractivity contribution in [1.29, 1.82) is 0 Å². The molecule has 0 fully saturated rings. The van der Waals surface area contributed by atoms with Gasteiger partial charge in [0.2, 0.25) is 0 Å². The van der Waals surface area contributed by atoms with Crippen molar-refractivity contribution in [2.75, 3.05) is 0 Å². The average molecular weight is 169 g/mol. The minimum atomic E-state index is -0.589. The predicted octanol–water partition coefficient (Wildman–Crippen LogP) is 0.648. The van der Waals surface area contributed by atoms with E-state index in [2.05, 4.69) is 0 Å². The number of aldehydes is 1. The number of rotatable bonds is 3. The first-order valence-electron chi connectivity index (χ1n) is 3.37. The molecule has 5 heteroatoms. The number of allylic oxidation sites excluding steroid dienone is 1. The third-order valence-electron chi connectivity index (χ3n) is 1.38. The highest BCUT2D eigenvalue weighted by atomic mass is 16.7. The minimum absolute atomic E-state index is 0.240. The number of ether oxygens (including phenoxy) is 1. The number of carbonyl (C=O) groups excluding carboxylic acids is 1. The van der Waals surface area contributed by atoms with Crippen LogP contribution in [0.2, 0.25) is 0 Å². The van der Waals surface area contributed by atoms with Gasteiger partial charge in [-0.3, -0.25) is 14.9 Å². The highest BCUT2D eigenvalue weighted by Gasteiger charge is 2.23. The van der Waals surface area contributed by atoms with E-state index < -0.39 is 4.92 Å². The fourth-order valence-corrected chi connectivity index (χ4v) is 0.873. The first-order chi connectivity index (χ1) is 5.74. The van der Waals surface area contributed by atoms with Crippen molar-refractivity contribution in [3.8, 4) is 0 Å². The summed E-state index contributed by atoms with van der Waals surface area (Å²) in [6.07, 6.45) is 4.82. The first kappa shape index (κ1) is 8.45. The molecule has 1 atom stereocenters. The Labute approximate surface area is 68.5 Å². The van der Waals surface area contributed by atoms with Gasteiger partial charge in [0.1, 0.15) is 17.3 Å². The molecule has 0 N–H and O–H groups in total. The molecule has 1 heterocycles. The van der Waals surface area contributed by atoms with Crippen molar-refractivity contribution in [3.63, 3.8) is 0 Å². The zero-order valence-corrected chi connectivity index (χ0v) is 6.17. The third kappa shape index (κ3) is 1.91. The summed E-state index contributed by atoms with van der Waals surface area (Å²) in [4.78, 5) is 19.4. The van der Waals surface area contributed by atoms with Crippen LogP contribution < -0.4 is 0 Å². The Morgan fingerprint density at radius 3 is 3.00 bits per heavy atom. The van der Waals surface area contributed by atoms with Crippen LogP contribution in [0.4, 0.5) is 0 Å². The van der Waals surface area contributed by atoms with E-state index in [4.69, 9.17) is 4.74 Å². The molecule has 5 nitrogen and oxygen atoms in total. The quantitative estimate of drug-likeness (QED) is 0.269. The summed E-state index contributed by atoms with van der Waals surface area (Å²) in [5.74, 6) is -0.240. The molecule has 12 heavy (non-hydrogen) atoms. The van der Waals surface area contributed by atoms with Gasteiger partial charge in [0.05, 0.1) is 0 Å². The van der Waals surface area contributed by atoms with Crippen molar-refractivity contribution in [2.45, 2.75) is 12.5 Å². The van der Waals surface area contributed by atoms with Crippen LogP contribution in [-0.2, 0) is 9.53 Å². The van der Waals surface area contributed by atoms with Crippen LogP contribution in [0.15, 0.2) is 24.1 Å². The molecule has 0 amide bonds. The molecular weight excluding hydrogens is 162 g/mol. The largest absolute Gasteiger partial charge is 0.433 e. The maximum absolute atomic E-state index is 10.1. The second-order valence-electron chi connectivity index (χ2n) is 2.21. The topological polar surface area (TPSA) is 69.4 Å². The zero-order valence-electron chi connectivity index (χ0n) is 6.17. The van der Waals surface area contributed by atoms with Crippen LogP contribution in [0.5, 0.6) is 0 Å². The second kappa shape index (κ2) is 3.66. The molecule has 1 unspecified atom stereocenters. The molecule has 64 valence electrons. The Morgan fingerprint density at radius 2 is 2.50 bits per heavy atom. The summed E-state index contributed by atoms with van der Waals surface area (Å²) in [6.45, 7) is 0. The molecule has 0 radical (unpaired) electrons. The third-order valence-corrected chi connectivity index (χ3v) is 1.38. The van der Waals surface area contributed by atoms with Gasteiger partial charge in [-0.2, -0.15) is 0 Å². The molecule has 1 aliphatic rings. The Hall–Kier alpha value is -1.65. The van der Waals surface area contributed by atoms with E-state index in [9.17, 15) is 14.9 Å². The average Bonchev–Trinajstić information content (AvgIpc) is 2.48. The highest BCUT2D eigenvalue weighted by Crippen LogP contribution is 2.17. The summed E-state index contributed by atoms with van der Waals surface area (Å²) < 4.78 is 4.84. The van der Waals surface area contributed by atoms with E-state index in [1.165, 1.54) is 18.2 Å². The van der Waals surface area contributed by atoms with Gasteiger partial charge in [0.15, 0.2) is 0 Å². The van der Waals surface area contributed by atoms with Gasteiger partial charge in [0, 0.05) is 12.5 Å². The summed E-state index contributed by atoms with van der Waals surface area (Å²) in [5.41, 5.74) is 0. The van der Waals surface area contributed by atoms with E-state index in [0.29, 0.717) is 12.7 Å². The molecule has 0 aromatic carbocycles. The molecule has 0 aromatic rings. The standard InChI is InChI=1S/C7H7NO4/c9-5-1-2-6-3-4-7(12-6)8(10)11/h1-2,4-6H,3H2/b2-1+. The summed E-state index contributed by atoms with van der Waals surface area (Å²) in [6, 6.07) is 0. The van der Waals surface area contributed by atoms with Crippen LogP contribution in [0.25, 0.3) is 0 Å². The molecule has 0 aliphatic carbocycles. The van der Waals surface area contributed by atoms with Crippen LogP contribution in [-0.4, -0.2) is 17.3 Å². The van der Waals surface area contributed by atoms with Crippen LogP contribution in [0.3, 0.4) is 0 Å². The van der Waals surface area contributed by atoms with E-state index >= 15 is 0 Å². The van der Waals surface area contributed by atoms with Gasteiger partial charge >= 0.3 is 5.88 Å². The van der Waals surface area contributed by atoms with Crippen LogP contribution in [0.1, 0.15) is 6.42 Å². The van der Waals surface area contributed by atoms with Gasteiger partial charge in [-0.1, -0.05) is 0 Å². The Morgan fingerprint density at radius 1 is 1.75 bits per heavy atom. The zero-order chi connectivity index (χ0) is 8.97. The Bertz CT molecular complexity index is 256. The van der Waals surface area contributed by atoms with E-state index in [1.54, 1.807) is 0 Å². The lowest BCUT2D eigenvalue weighted by Gasteiger charge is -2.01. The molecule has 1 aliphatic heterocycles. The molecule has 0 bridgehead atoms. The number of nitrogens with zero attached hydrogens (tertiary/aromatic N) is 1. The lowest BCUT2D eigenvalue weighted by molar-refractivity contribution is -0.462. The maximum Gasteiger partial charge on any atom is 0.424 e. The maximum atomic E-state index is 10.1. The lowest BCUT2D eigenvalue weighted by Crippen LogP contribution is -2.05. The van der Waals surface area contributed by atoms with Gasteiger partial charge < -0.3 is 4.74 Å². The summed E-state index contributed by atoms with van der Waals surface area (Å²) in [7, 11) is 0. The fraction of sp³-hybridized carbons (Fsp3) is 0.286. The van der Waals surface area contributed by atoms with Gasteiger partial charge in [-0.05, 0) is 12.2 Å².